The fourth-order valence-corrected chi connectivity index (χ4v) is 4.25. The van der Waals surface area contributed by atoms with Crippen LogP contribution in [0.1, 0.15) is 12.5 Å². The first-order chi connectivity index (χ1) is 13.9. The number of benzene rings is 2. The fourth-order valence-electron chi connectivity index (χ4n) is 3.09. The molecule has 0 radical (unpaired) electrons. The number of amides is 1. The highest BCUT2D eigenvalue weighted by molar-refractivity contribution is 7.89. The van der Waals surface area contributed by atoms with Crippen LogP contribution in [0, 0.1) is 0 Å². The van der Waals surface area contributed by atoms with Crippen molar-refractivity contribution in [1.82, 2.24) is 9.21 Å². The summed E-state index contributed by atoms with van der Waals surface area (Å²) in [5.74, 6) is 0.344. The predicted molar refractivity (Wildman–Crippen MR) is 109 cm³/mol. The highest BCUT2D eigenvalue weighted by Gasteiger charge is 2.24. The van der Waals surface area contributed by atoms with Gasteiger partial charge in [0.1, 0.15) is 5.75 Å². The maximum absolute atomic E-state index is 12.8. The molecule has 0 aromatic heterocycles. The van der Waals surface area contributed by atoms with Crippen molar-refractivity contribution < 1.29 is 22.7 Å². The minimum absolute atomic E-state index is 0.104. The van der Waals surface area contributed by atoms with E-state index in [4.69, 9.17) is 9.47 Å². The molecule has 0 saturated carbocycles. The van der Waals surface area contributed by atoms with E-state index >= 15 is 0 Å². The number of nitrogens with zero attached hydrogens (tertiary/aromatic N) is 2. The highest BCUT2D eigenvalue weighted by atomic mass is 32.2. The quantitative estimate of drug-likeness (QED) is 0.689. The lowest BCUT2D eigenvalue weighted by molar-refractivity contribution is -0.142. The van der Waals surface area contributed by atoms with Gasteiger partial charge in [-0.15, -0.1) is 0 Å². The second-order valence-corrected chi connectivity index (χ2v) is 8.96. The molecule has 1 fully saturated rings. The van der Waals surface area contributed by atoms with E-state index in [1.54, 1.807) is 31.0 Å². The first-order valence-corrected chi connectivity index (χ1v) is 11.0. The van der Waals surface area contributed by atoms with Crippen molar-refractivity contribution in [3.8, 4) is 5.75 Å². The van der Waals surface area contributed by atoms with Crippen LogP contribution in [-0.2, 0) is 26.1 Å². The summed E-state index contributed by atoms with van der Waals surface area (Å²) >= 11 is 0. The van der Waals surface area contributed by atoms with Crippen LogP contribution >= 0.6 is 0 Å². The minimum atomic E-state index is -3.63. The number of ether oxygens (including phenoxy) is 2. The molecule has 0 bridgehead atoms. The summed E-state index contributed by atoms with van der Waals surface area (Å²) in [6, 6.07) is 15.6. The third-order valence-corrected chi connectivity index (χ3v) is 6.58. The first kappa shape index (κ1) is 21.3. The van der Waals surface area contributed by atoms with Gasteiger partial charge in [0.05, 0.1) is 18.1 Å². The molecule has 1 atom stereocenters. The molecule has 2 aromatic carbocycles. The van der Waals surface area contributed by atoms with Crippen LogP contribution in [0.5, 0.6) is 5.75 Å². The molecule has 3 rings (SSSR count). The van der Waals surface area contributed by atoms with Gasteiger partial charge in [0.15, 0.2) is 6.10 Å². The minimum Gasteiger partial charge on any atom is -0.481 e. The van der Waals surface area contributed by atoms with Gasteiger partial charge in [-0.1, -0.05) is 30.3 Å². The van der Waals surface area contributed by atoms with Crippen LogP contribution in [0.2, 0.25) is 0 Å². The Morgan fingerprint density at radius 1 is 1.10 bits per heavy atom. The summed E-state index contributed by atoms with van der Waals surface area (Å²) in [6.45, 7) is 4.14. The molecule has 1 heterocycles. The van der Waals surface area contributed by atoms with Gasteiger partial charge < -0.3 is 14.4 Å². The Morgan fingerprint density at radius 3 is 2.34 bits per heavy atom. The largest absolute Gasteiger partial charge is 0.481 e. The molecule has 1 aliphatic heterocycles. The topological polar surface area (TPSA) is 76.2 Å². The molecule has 29 heavy (non-hydrogen) atoms. The number of morpholine rings is 1. The Labute approximate surface area is 171 Å². The third-order valence-electron chi connectivity index (χ3n) is 4.76. The average Bonchev–Trinajstić information content (AvgIpc) is 2.75. The second kappa shape index (κ2) is 9.39. The van der Waals surface area contributed by atoms with E-state index in [1.165, 1.54) is 16.4 Å². The lowest BCUT2D eigenvalue weighted by atomic mass is 10.2. The molecule has 0 unspecified atom stereocenters. The molecule has 0 aliphatic carbocycles. The second-order valence-electron chi connectivity index (χ2n) is 6.92. The molecular formula is C21H26N2O5S. The number of hydrogen-bond acceptors (Lipinski definition) is 5. The van der Waals surface area contributed by atoms with E-state index in [0.717, 1.165) is 5.56 Å². The molecular weight excluding hydrogens is 392 g/mol. The van der Waals surface area contributed by atoms with Crippen molar-refractivity contribution in [1.29, 1.82) is 0 Å². The van der Waals surface area contributed by atoms with Crippen molar-refractivity contribution >= 4 is 15.9 Å². The van der Waals surface area contributed by atoms with Crippen LogP contribution in [-0.4, -0.2) is 63.0 Å². The monoisotopic (exact) mass is 418 g/mol. The van der Waals surface area contributed by atoms with E-state index in [-0.39, 0.29) is 17.3 Å². The molecule has 2 aromatic rings. The van der Waals surface area contributed by atoms with Gasteiger partial charge in [-0.25, -0.2) is 8.42 Å². The maximum Gasteiger partial charge on any atom is 0.263 e. The van der Waals surface area contributed by atoms with Gasteiger partial charge in [-0.3, -0.25) is 4.79 Å². The van der Waals surface area contributed by atoms with Crippen LogP contribution in [0.4, 0.5) is 0 Å². The molecule has 1 saturated heterocycles. The lowest BCUT2D eigenvalue weighted by Crippen LogP contribution is -2.46. The zero-order chi connectivity index (χ0) is 20.9. The Kier molecular flexibility index (Phi) is 6.89. The molecule has 8 heteroatoms. The van der Waals surface area contributed by atoms with E-state index in [2.05, 4.69) is 0 Å². The van der Waals surface area contributed by atoms with Gasteiger partial charge >= 0.3 is 0 Å². The third kappa shape index (κ3) is 5.35. The van der Waals surface area contributed by atoms with Gasteiger partial charge in [0.2, 0.25) is 10.0 Å². The summed E-state index contributed by atoms with van der Waals surface area (Å²) in [5.41, 5.74) is 0.911. The van der Waals surface area contributed by atoms with Crippen LogP contribution in [0.25, 0.3) is 0 Å². The molecule has 7 nitrogen and oxygen atoms in total. The normalized spacial score (nSPS) is 15.9. The number of sulfonamides is 1. The predicted octanol–water partition coefficient (Wildman–Crippen LogP) is 2.13. The standard InChI is InChI=1S/C21H26N2O5S/c1-17(21(24)23-12-14-27-15-13-23)28-19-8-10-20(11-9-19)29(25,26)22(2)16-18-6-4-3-5-7-18/h3-11,17H,12-16H2,1-2H3/t17-/m0/s1. The Hall–Kier alpha value is -2.42. The summed E-state index contributed by atoms with van der Waals surface area (Å²) < 4.78 is 37.9. The molecule has 0 spiro atoms. The highest BCUT2D eigenvalue weighted by Crippen LogP contribution is 2.21. The van der Waals surface area contributed by atoms with Gasteiger partial charge in [-0.2, -0.15) is 4.31 Å². The van der Waals surface area contributed by atoms with E-state index in [9.17, 15) is 13.2 Å². The van der Waals surface area contributed by atoms with Gasteiger partial charge in [0.25, 0.3) is 5.91 Å². The number of hydrogen-bond donors (Lipinski definition) is 0. The van der Waals surface area contributed by atoms with E-state index < -0.39 is 16.1 Å². The van der Waals surface area contributed by atoms with Crippen molar-refractivity contribution in [2.45, 2.75) is 24.5 Å². The Balaban J connectivity index is 1.63. The van der Waals surface area contributed by atoms with Crippen LogP contribution < -0.4 is 4.74 Å². The van der Waals surface area contributed by atoms with Crippen molar-refractivity contribution in [2.75, 3.05) is 33.4 Å². The van der Waals surface area contributed by atoms with Crippen molar-refractivity contribution in [3.05, 3.63) is 60.2 Å². The Morgan fingerprint density at radius 2 is 1.72 bits per heavy atom. The van der Waals surface area contributed by atoms with Crippen molar-refractivity contribution in [2.24, 2.45) is 0 Å². The molecule has 0 N–H and O–H groups in total. The van der Waals surface area contributed by atoms with E-state index in [0.29, 0.717) is 32.1 Å². The lowest BCUT2D eigenvalue weighted by Gasteiger charge is -2.29. The number of carbonyl (C=O) groups excluding carboxylic acids is 1. The molecule has 1 aliphatic rings. The van der Waals surface area contributed by atoms with Crippen LogP contribution in [0.15, 0.2) is 59.5 Å². The van der Waals surface area contributed by atoms with E-state index in [1.807, 2.05) is 30.3 Å². The summed E-state index contributed by atoms with van der Waals surface area (Å²) in [4.78, 5) is 14.3. The maximum atomic E-state index is 12.8. The number of carbonyl (C=O) groups is 1. The van der Waals surface area contributed by atoms with Crippen LogP contribution in [0.3, 0.4) is 0 Å². The summed E-state index contributed by atoms with van der Waals surface area (Å²) in [7, 11) is -2.08. The van der Waals surface area contributed by atoms with Gasteiger partial charge in [0, 0.05) is 26.7 Å². The molecule has 1 amide bonds. The number of rotatable bonds is 7. The molecule has 156 valence electrons. The summed E-state index contributed by atoms with van der Waals surface area (Å²) in [6.07, 6.45) is -0.656. The zero-order valence-corrected chi connectivity index (χ0v) is 17.5. The Bertz CT molecular complexity index is 910. The SMILES string of the molecule is C[C@H](Oc1ccc(S(=O)(=O)N(C)Cc2ccccc2)cc1)C(=O)N1CCOCC1. The fraction of sp³-hybridized carbons (Fsp3) is 0.381. The van der Waals surface area contributed by atoms with Crippen molar-refractivity contribution in [3.63, 3.8) is 0 Å². The van der Waals surface area contributed by atoms with Gasteiger partial charge in [-0.05, 0) is 36.8 Å². The summed E-state index contributed by atoms with van der Waals surface area (Å²) in [5, 5.41) is 0. The smallest absolute Gasteiger partial charge is 0.263 e. The first-order valence-electron chi connectivity index (χ1n) is 9.51. The average molecular weight is 419 g/mol. The zero-order valence-electron chi connectivity index (χ0n) is 16.7.